The van der Waals surface area contributed by atoms with Crippen molar-refractivity contribution in [2.24, 2.45) is 5.73 Å². The largest absolute Gasteiger partial charge is 0.368 e. The smallest absolute Gasteiger partial charge is 0.0835 e. The molecule has 3 nitrogen and oxygen atoms in total. The first-order chi connectivity index (χ1) is 5.97. The fourth-order valence-corrected chi connectivity index (χ4v) is 1.88. The molecule has 13 heavy (non-hydrogen) atoms. The van der Waals surface area contributed by atoms with Crippen LogP contribution in [-0.4, -0.2) is 30.8 Å². The third-order valence-electron chi connectivity index (χ3n) is 2.41. The van der Waals surface area contributed by atoms with Crippen molar-refractivity contribution in [1.82, 2.24) is 5.32 Å². The summed E-state index contributed by atoms with van der Waals surface area (Å²) in [5, 5.41) is 3.32. The topological polar surface area (TPSA) is 47.3 Å². The predicted octanol–water partition coefficient (Wildman–Crippen LogP) is 0.882. The van der Waals surface area contributed by atoms with E-state index in [4.69, 9.17) is 10.5 Å². The minimum atomic E-state index is -0.0866. The van der Waals surface area contributed by atoms with Crippen molar-refractivity contribution < 1.29 is 4.74 Å². The highest BCUT2D eigenvalue weighted by molar-refractivity contribution is 4.89. The number of rotatable bonds is 2. The van der Waals surface area contributed by atoms with E-state index in [0.717, 1.165) is 25.9 Å². The fraction of sp³-hybridized carbons (Fsp3) is 1.00. The first-order valence-electron chi connectivity index (χ1n) is 5.08. The van der Waals surface area contributed by atoms with Crippen molar-refractivity contribution in [3.8, 4) is 0 Å². The van der Waals surface area contributed by atoms with Crippen molar-refractivity contribution in [1.29, 1.82) is 0 Å². The molecule has 0 aromatic rings. The van der Waals surface area contributed by atoms with Gasteiger partial charge in [0.2, 0.25) is 0 Å². The normalized spacial score (nSPS) is 23.1. The molecule has 1 aliphatic heterocycles. The van der Waals surface area contributed by atoms with E-state index in [-0.39, 0.29) is 11.2 Å². The molecular formula is C10H22N2O. The van der Waals surface area contributed by atoms with Crippen LogP contribution in [0.5, 0.6) is 0 Å². The molecule has 3 N–H and O–H groups in total. The zero-order chi connectivity index (χ0) is 9.95. The second kappa shape index (κ2) is 3.95. The molecule has 0 radical (unpaired) electrons. The molecule has 0 aromatic heterocycles. The first-order valence-corrected chi connectivity index (χ1v) is 5.08. The second-order valence-electron chi connectivity index (χ2n) is 4.85. The summed E-state index contributed by atoms with van der Waals surface area (Å²) in [6.45, 7) is 8.94. The Hall–Kier alpha value is -0.120. The third kappa shape index (κ3) is 3.25. The maximum Gasteiger partial charge on any atom is 0.0835 e. The van der Waals surface area contributed by atoms with E-state index in [9.17, 15) is 0 Å². The molecule has 1 saturated heterocycles. The molecule has 0 aromatic carbocycles. The highest BCUT2D eigenvalue weighted by atomic mass is 16.5. The van der Waals surface area contributed by atoms with Gasteiger partial charge in [-0.25, -0.2) is 0 Å². The van der Waals surface area contributed by atoms with Crippen LogP contribution in [-0.2, 0) is 4.74 Å². The average Bonchev–Trinajstić information content (AvgIpc) is 2.03. The number of nitrogens with one attached hydrogen (secondary N) is 1. The minimum Gasteiger partial charge on any atom is -0.368 e. The standard InChI is InChI=1S/C10H22N2O/c1-9(2,3)13-10(8-11)4-6-12-7-5-10/h12H,4-8,11H2,1-3H3. The zero-order valence-corrected chi connectivity index (χ0v) is 9.02. The Kier molecular flexibility index (Phi) is 3.33. The van der Waals surface area contributed by atoms with Crippen LogP contribution in [0.3, 0.4) is 0 Å². The fourth-order valence-electron chi connectivity index (χ4n) is 1.88. The monoisotopic (exact) mass is 186 g/mol. The molecule has 0 unspecified atom stereocenters. The Labute approximate surface area is 81.0 Å². The van der Waals surface area contributed by atoms with Crippen LogP contribution in [0, 0.1) is 0 Å². The molecule has 1 rings (SSSR count). The van der Waals surface area contributed by atoms with Gasteiger partial charge in [0.05, 0.1) is 11.2 Å². The van der Waals surface area contributed by atoms with E-state index < -0.39 is 0 Å². The summed E-state index contributed by atoms with van der Waals surface area (Å²) in [4.78, 5) is 0. The van der Waals surface area contributed by atoms with Crippen LogP contribution in [0.2, 0.25) is 0 Å². The van der Waals surface area contributed by atoms with Crippen molar-refractivity contribution in [2.75, 3.05) is 19.6 Å². The van der Waals surface area contributed by atoms with Crippen LogP contribution in [0.1, 0.15) is 33.6 Å². The van der Waals surface area contributed by atoms with Gasteiger partial charge in [-0.05, 0) is 46.7 Å². The summed E-state index contributed by atoms with van der Waals surface area (Å²) in [6.07, 6.45) is 2.06. The van der Waals surface area contributed by atoms with Gasteiger partial charge in [0, 0.05) is 6.54 Å². The van der Waals surface area contributed by atoms with Gasteiger partial charge in [-0.3, -0.25) is 0 Å². The molecule has 1 fully saturated rings. The van der Waals surface area contributed by atoms with Gasteiger partial charge in [-0.1, -0.05) is 0 Å². The molecule has 0 spiro atoms. The Morgan fingerprint density at radius 2 is 1.85 bits per heavy atom. The number of hydrogen-bond donors (Lipinski definition) is 2. The minimum absolute atomic E-state index is 0.0799. The summed E-state index contributed by atoms with van der Waals surface area (Å²) in [5.41, 5.74) is 5.63. The molecule has 0 amide bonds. The van der Waals surface area contributed by atoms with Gasteiger partial charge < -0.3 is 15.8 Å². The Bertz CT molecular complexity index is 157. The Balaban J connectivity index is 2.57. The summed E-state index contributed by atoms with van der Waals surface area (Å²) in [6, 6.07) is 0. The lowest BCUT2D eigenvalue weighted by Crippen LogP contribution is -2.52. The molecular weight excluding hydrogens is 164 g/mol. The van der Waals surface area contributed by atoms with Crippen LogP contribution >= 0.6 is 0 Å². The lowest BCUT2D eigenvalue weighted by atomic mass is 9.91. The van der Waals surface area contributed by atoms with Crippen LogP contribution in [0.15, 0.2) is 0 Å². The van der Waals surface area contributed by atoms with E-state index in [2.05, 4.69) is 26.1 Å². The van der Waals surface area contributed by atoms with E-state index >= 15 is 0 Å². The van der Waals surface area contributed by atoms with Crippen molar-refractivity contribution >= 4 is 0 Å². The molecule has 78 valence electrons. The van der Waals surface area contributed by atoms with Crippen molar-refractivity contribution in [3.05, 3.63) is 0 Å². The molecule has 1 aliphatic rings. The Morgan fingerprint density at radius 1 is 1.31 bits per heavy atom. The maximum absolute atomic E-state index is 6.05. The van der Waals surface area contributed by atoms with Gasteiger partial charge >= 0.3 is 0 Å². The first kappa shape index (κ1) is 11.0. The number of piperidine rings is 1. The highest BCUT2D eigenvalue weighted by Gasteiger charge is 2.35. The maximum atomic E-state index is 6.05. The zero-order valence-electron chi connectivity index (χ0n) is 9.02. The van der Waals surface area contributed by atoms with E-state index in [1.165, 1.54) is 0 Å². The van der Waals surface area contributed by atoms with Crippen LogP contribution in [0.4, 0.5) is 0 Å². The van der Waals surface area contributed by atoms with Gasteiger partial charge in [-0.2, -0.15) is 0 Å². The van der Waals surface area contributed by atoms with Crippen LogP contribution < -0.4 is 11.1 Å². The molecule has 3 heteroatoms. The number of ether oxygens (including phenoxy) is 1. The van der Waals surface area contributed by atoms with Crippen molar-refractivity contribution in [3.63, 3.8) is 0 Å². The predicted molar refractivity (Wildman–Crippen MR) is 54.7 cm³/mol. The van der Waals surface area contributed by atoms with Crippen LogP contribution in [0.25, 0.3) is 0 Å². The third-order valence-corrected chi connectivity index (χ3v) is 2.41. The van der Waals surface area contributed by atoms with E-state index in [0.29, 0.717) is 6.54 Å². The van der Waals surface area contributed by atoms with Gasteiger partial charge in [0.1, 0.15) is 0 Å². The number of nitrogens with two attached hydrogens (primary N) is 1. The van der Waals surface area contributed by atoms with E-state index in [1.54, 1.807) is 0 Å². The Morgan fingerprint density at radius 3 is 2.23 bits per heavy atom. The van der Waals surface area contributed by atoms with Crippen molar-refractivity contribution in [2.45, 2.75) is 44.8 Å². The molecule has 0 saturated carbocycles. The summed E-state index contributed by atoms with van der Waals surface area (Å²) < 4.78 is 6.05. The van der Waals surface area contributed by atoms with E-state index in [1.807, 2.05) is 0 Å². The summed E-state index contributed by atoms with van der Waals surface area (Å²) in [5.74, 6) is 0. The molecule has 0 atom stereocenters. The van der Waals surface area contributed by atoms with Gasteiger partial charge in [0.15, 0.2) is 0 Å². The second-order valence-corrected chi connectivity index (χ2v) is 4.85. The number of hydrogen-bond acceptors (Lipinski definition) is 3. The quantitative estimate of drug-likeness (QED) is 0.673. The SMILES string of the molecule is CC(C)(C)OC1(CN)CCNCC1. The van der Waals surface area contributed by atoms with Gasteiger partial charge in [-0.15, -0.1) is 0 Å². The van der Waals surface area contributed by atoms with Gasteiger partial charge in [0.25, 0.3) is 0 Å². The lowest BCUT2D eigenvalue weighted by Gasteiger charge is -2.41. The highest BCUT2D eigenvalue weighted by Crippen LogP contribution is 2.27. The molecule has 0 aliphatic carbocycles. The molecule has 0 bridgehead atoms. The summed E-state index contributed by atoms with van der Waals surface area (Å²) >= 11 is 0. The average molecular weight is 186 g/mol. The summed E-state index contributed by atoms with van der Waals surface area (Å²) in [7, 11) is 0. The molecule has 1 heterocycles. The lowest BCUT2D eigenvalue weighted by molar-refractivity contribution is -0.139.